The number of hydrogen-bond acceptors (Lipinski definition) is 2. The van der Waals surface area contributed by atoms with Crippen molar-refractivity contribution in [1.29, 1.82) is 0 Å². The van der Waals surface area contributed by atoms with Crippen molar-refractivity contribution < 1.29 is 35.9 Å². The summed E-state index contributed by atoms with van der Waals surface area (Å²) in [5.41, 5.74) is -3.03. The maximum atomic E-state index is 13.1. The van der Waals surface area contributed by atoms with Crippen molar-refractivity contribution in [3.8, 4) is 0 Å². The predicted octanol–water partition coefficient (Wildman–Crippen LogP) is 4.74. The molecule has 160 valence electrons. The number of alkyl halides is 6. The number of methoxy groups -OCH3 is 1. The number of hydrogen-bond donors (Lipinski definition) is 0. The molecule has 0 unspecified atom stereocenters. The van der Waals surface area contributed by atoms with Gasteiger partial charge in [-0.1, -0.05) is 0 Å². The molecule has 0 atom stereocenters. The van der Waals surface area contributed by atoms with Crippen LogP contribution in [0.25, 0.3) is 0 Å². The Labute approximate surface area is 163 Å². The third kappa shape index (κ3) is 5.99. The number of carbonyl (C=O) groups is 1. The number of amides is 1. The Bertz CT molecular complexity index is 810. The van der Waals surface area contributed by atoms with Crippen LogP contribution in [-0.2, 0) is 30.7 Å². The Kier molecular flexibility index (Phi) is 6.99. The maximum absolute atomic E-state index is 13.1. The number of benzene rings is 1. The van der Waals surface area contributed by atoms with Crippen LogP contribution in [0.2, 0.25) is 0 Å². The van der Waals surface area contributed by atoms with E-state index in [9.17, 15) is 31.1 Å². The van der Waals surface area contributed by atoms with Crippen LogP contribution < -0.4 is 0 Å². The fourth-order valence-corrected chi connectivity index (χ4v) is 2.77. The summed E-state index contributed by atoms with van der Waals surface area (Å²) in [6.07, 6.45) is -7.94. The summed E-state index contributed by atoms with van der Waals surface area (Å²) in [6, 6.07) is 4.34. The highest BCUT2D eigenvalue weighted by Gasteiger charge is 2.38. The summed E-state index contributed by atoms with van der Waals surface area (Å²) in [6.45, 7) is 0.423. The summed E-state index contributed by atoms with van der Waals surface area (Å²) >= 11 is 0. The first kappa shape index (κ1) is 22.8. The van der Waals surface area contributed by atoms with Gasteiger partial charge in [0.1, 0.15) is 0 Å². The molecule has 0 spiro atoms. The van der Waals surface area contributed by atoms with Crippen LogP contribution >= 0.6 is 0 Å². The van der Waals surface area contributed by atoms with E-state index in [4.69, 9.17) is 4.74 Å². The van der Waals surface area contributed by atoms with E-state index in [-0.39, 0.29) is 25.8 Å². The van der Waals surface area contributed by atoms with E-state index >= 15 is 0 Å². The van der Waals surface area contributed by atoms with E-state index < -0.39 is 35.0 Å². The molecule has 0 fully saturated rings. The number of ether oxygens (including phenoxy) is 1. The normalized spacial score (nSPS) is 12.3. The lowest BCUT2D eigenvalue weighted by Crippen LogP contribution is -2.33. The van der Waals surface area contributed by atoms with Gasteiger partial charge in [-0.3, -0.25) is 4.79 Å². The fraction of sp³-hybridized carbons (Fsp3) is 0.421. The second-order valence-corrected chi connectivity index (χ2v) is 6.48. The lowest BCUT2D eigenvalue weighted by Gasteiger charge is -2.24. The Morgan fingerprint density at radius 2 is 1.66 bits per heavy atom. The van der Waals surface area contributed by atoms with Gasteiger partial charge in [-0.05, 0) is 36.8 Å². The van der Waals surface area contributed by atoms with Crippen LogP contribution in [0.1, 0.15) is 33.6 Å². The molecule has 0 radical (unpaired) electrons. The van der Waals surface area contributed by atoms with Crippen LogP contribution in [-0.4, -0.2) is 35.6 Å². The minimum atomic E-state index is -5.02. The number of aryl methyl sites for hydroxylation is 1. The average molecular weight is 422 g/mol. The van der Waals surface area contributed by atoms with Gasteiger partial charge in [-0.25, -0.2) is 0 Å². The van der Waals surface area contributed by atoms with Crippen LogP contribution in [0.4, 0.5) is 26.3 Å². The Morgan fingerprint density at radius 3 is 2.10 bits per heavy atom. The zero-order valence-corrected chi connectivity index (χ0v) is 15.8. The maximum Gasteiger partial charge on any atom is 0.416 e. The number of aromatic nitrogens is 1. The lowest BCUT2D eigenvalue weighted by atomic mass is 10.0. The Balaban J connectivity index is 2.43. The minimum absolute atomic E-state index is 0.00321. The zero-order chi connectivity index (χ0) is 21.8. The highest BCUT2D eigenvalue weighted by Crippen LogP contribution is 2.36. The van der Waals surface area contributed by atoms with Crippen LogP contribution in [0.3, 0.4) is 0 Å². The lowest BCUT2D eigenvalue weighted by molar-refractivity contribution is -0.143. The van der Waals surface area contributed by atoms with Crippen molar-refractivity contribution in [3.63, 3.8) is 0 Å². The number of nitrogens with zero attached hydrogens (tertiary/aromatic N) is 2. The summed E-state index contributed by atoms with van der Waals surface area (Å²) in [5.74, 6) is -0.918. The van der Waals surface area contributed by atoms with Gasteiger partial charge in [0.2, 0.25) is 0 Å². The van der Waals surface area contributed by atoms with Crippen LogP contribution in [0, 0.1) is 0 Å². The van der Waals surface area contributed by atoms with Crippen molar-refractivity contribution in [2.75, 3.05) is 20.3 Å². The molecule has 1 heterocycles. The van der Waals surface area contributed by atoms with E-state index in [0.717, 1.165) is 0 Å². The Morgan fingerprint density at radius 1 is 1.07 bits per heavy atom. The van der Waals surface area contributed by atoms with E-state index in [1.54, 1.807) is 29.9 Å². The van der Waals surface area contributed by atoms with Gasteiger partial charge in [0.05, 0.1) is 17.7 Å². The molecule has 0 saturated carbocycles. The quantitative estimate of drug-likeness (QED) is 0.477. The number of rotatable bonds is 7. The SMILES string of the molecule is COCCCN(Cc1cccn1C)C(=O)c1cc(C(F)(F)F)cc(C(F)(F)F)c1. The van der Waals surface area contributed by atoms with Crippen molar-refractivity contribution in [3.05, 3.63) is 58.9 Å². The molecule has 2 rings (SSSR count). The zero-order valence-electron chi connectivity index (χ0n) is 15.8. The third-order valence-electron chi connectivity index (χ3n) is 4.30. The number of carbonyl (C=O) groups excluding carboxylic acids is 1. The van der Waals surface area contributed by atoms with Gasteiger partial charge in [0, 0.05) is 44.8 Å². The van der Waals surface area contributed by atoms with Gasteiger partial charge in [-0.15, -0.1) is 0 Å². The third-order valence-corrected chi connectivity index (χ3v) is 4.30. The summed E-state index contributed by atoms with van der Waals surface area (Å²) in [7, 11) is 3.17. The molecule has 0 aliphatic carbocycles. The molecule has 1 aromatic carbocycles. The standard InChI is InChI=1S/C19H20F6N2O2/c1-26-6-3-5-16(26)12-27(7-4-8-29-2)17(28)13-9-14(18(20,21)22)11-15(10-13)19(23,24)25/h3,5-6,9-11H,4,7-8,12H2,1-2H3. The molecular weight excluding hydrogens is 402 g/mol. The topological polar surface area (TPSA) is 34.5 Å². The fourth-order valence-electron chi connectivity index (χ4n) is 2.77. The van der Waals surface area contributed by atoms with Gasteiger partial charge < -0.3 is 14.2 Å². The molecule has 0 bridgehead atoms. The smallest absolute Gasteiger partial charge is 0.385 e. The first-order valence-electron chi connectivity index (χ1n) is 8.61. The molecule has 0 N–H and O–H groups in total. The van der Waals surface area contributed by atoms with Crippen molar-refractivity contribution in [1.82, 2.24) is 9.47 Å². The van der Waals surface area contributed by atoms with E-state index in [1.165, 1.54) is 12.0 Å². The minimum Gasteiger partial charge on any atom is -0.385 e. The largest absolute Gasteiger partial charge is 0.416 e. The van der Waals surface area contributed by atoms with Crippen molar-refractivity contribution in [2.45, 2.75) is 25.3 Å². The van der Waals surface area contributed by atoms with Gasteiger partial charge in [0.15, 0.2) is 0 Å². The molecule has 1 aromatic heterocycles. The Hall–Kier alpha value is -2.49. The molecular formula is C19H20F6N2O2. The molecule has 1 amide bonds. The molecule has 10 heteroatoms. The summed E-state index contributed by atoms with van der Waals surface area (Å²) in [5, 5.41) is 0. The van der Waals surface area contributed by atoms with Gasteiger partial charge in [0.25, 0.3) is 5.91 Å². The molecule has 0 saturated heterocycles. The van der Waals surface area contributed by atoms with Gasteiger partial charge in [-0.2, -0.15) is 26.3 Å². The van der Waals surface area contributed by atoms with E-state index in [0.29, 0.717) is 24.2 Å². The highest BCUT2D eigenvalue weighted by molar-refractivity contribution is 5.94. The molecule has 29 heavy (non-hydrogen) atoms. The average Bonchev–Trinajstić information content (AvgIpc) is 3.03. The van der Waals surface area contributed by atoms with Gasteiger partial charge >= 0.3 is 12.4 Å². The highest BCUT2D eigenvalue weighted by atomic mass is 19.4. The molecule has 2 aromatic rings. The summed E-state index contributed by atoms with van der Waals surface area (Å²) < 4.78 is 85.2. The first-order valence-corrected chi connectivity index (χ1v) is 8.61. The predicted molar refractivity (Wildman–Crippen MR) is 93.1 cm³/mol. The van der Waals surface area contributed by atoms with Crippen molar-refractivity contribution in [2.24, 2.45) is 7.05 Å². The van der Waals surface area contributed by atoms with Crippen LogP contribution in [0.5, 0.6) is 0 Å². The van der Waals surface area contributed by atoms with E-state index in [2.05, 4.69) is 0 Å². The van der Waals surface area contributed by atoms with Crippen molar-refractivity contribution >= 4 is 5.91 Å². The molecule has 0 aliphatic heterocycles. The molecule has 0 aliphatic rings. The first-order chi connectivity index (χ1) is 13.4. The second kappa shape index (κ2) is 8.89. The summed E-state index contributed by atoms with van der Waals surface area (Å²) in [4.78, 5) is 14.1. The van der Waals surface area contributed by atoms with E-state index in [1.807, 2.05) is 0 Å². The molecule has 4 nitrogen and oxygen atoms in total. The second-order valence-electron chi connectivity index (χ2n) is 6.48. The van der Waals surface area contributed by atoms with Crippen LogP contribution in [0.15, 0.2) is 36.5 Å². The number of halogens is 6. The monoisotopic (exact) mass is 422 g/mol.